The molecule has 1 aromatic carbocycles. The third kappa shape index (κ3) is 1.79. The van der Waals surface area contributed by atoms with Gasteiger partial charge in [-0.25, -0.2) is 8.78 Å². The van der Waals surface area contributed by atoms with E-state index in [2.05, 4.69) is 0 Å². The van der Waals surface area contributed by atoms with E-state index in [-0.39, 0.29) is 17.5 Å². The van der Waals surface area contributed by atoms with Crippen LogP contribution in [0.25, 0.3) is 0 Å². The largest absolute Gasteiger partial charge is 0.481 e. The van der Waals surface area contributed by atoms with Crippen LogP contribution in [0.4, 0.5) is 8.78 Å². The molecule has 2 rings (SSSR count). The summed E-state index contributed by atoms with van der Waals surface area (Å²) in [6.45, 7) is 1.48. The summed E-state index contributed by atoms with van der Waals surface area (Å²) in [5, 5.41) is 8.96. The van der Waals surface area contributed by atoms with E-state index in [0.717, 1.165) is 12.1 Å². The van der Waals surface area contributed by atoms with Crippen LogP contribution >= 0.6 is 0 Å². The predicted octanol–water partition coefficient (Wildman–Crippen LogP) is 2.68. The molecule has 4 heteroatoms. The molecule has 0 aromatic heterocycles. The van der Waals surface area contributed by atoms with E-state index in [9.17, 15) is 13.6 Å². The zero-order valence-corrected chi connectivity index (χ0v) is 8.89. The molecule has 2 nitrogen and oxygen atoms in total. The lowest BCUT2D eigenvalue weighted by Crippen LogP contribution is -2.18. The van der Waals surface area contributed by atoms with Gasteiger partial charge in [-0.05, 0) is 49.4 Å². The van der Waals surface area contributed by atoms with E-state index in [1.165, 1.54) is 6.92 Å². The van der Waals surface area contributed by atoms with Crippen LogP contribution in [0, 0.1) is 24.0 Å². The van der Waals surface area contributed by atoms with Gasteiger partial charge in [0.25, 0.3) is 0 Å². The molecule has 0 heterocycles. The number of hydrogen-bond acceptors (Lipinski definition) is 1. The summed E-state index contributed by atoms with van der Waals surface area (Å²) >= 11 is 0. The van der Waals surface area contributed by atoms with Crippen molar-refractivity contribution < 1.29 is 18.7 Å². The SMILES string of the molecule is Cc1cc(F)c(CC2(C(=O)O)CC2)cc1F. The van der Waals surface area contributed by atoms with Gasteiger partial charge in [0.05, 0.1) is 5.41 Å². The highest BCUT2D eigenvalue weighted by atomic mass is 19.1. The Kier molecular flexibility index (Phi) is 2.45. The number of carbonyl (C=O) groups is 1. The molecule has 0 aliphatic heterocycles. The van der Waals surface area contributed by atoms with Gasteiger partial charge in [0.1, 0.15) is 11.6 Å². The maximum Gasteiger partial charge on any atom is 0.309 e. The third-order valence-electron chi connectivity index (χ3n) is 3.16. The normalized spacial score (nSPS) is 17.2. The van der Waals surface area contributed by atoms with Crippen LogP contribution in [0.15, 0.2) is 12.1 Å². The zero-order chi connectivity index (χ0) is 11.9. The highest BCUT2D eigenvalue weighted by Crippen LogP contribution is 2.48. The maximum atomic E-state index is 13.5. The molecule has 1 aromatic rings. The predicted molar refractivity (Wildman–Crippen MR) is 54.1 cm³/mol. The Morgan fingerprint density at radius 1 is 1.38 bits per heavy atom. The van der Waals surface area contributed by atoms with Crippen LogP contribution < -0.4 is 0 Å². The van der Waals surface area contributed by atoms with Crippen molar-refractivity contribution in [2.75, 3.05) is 0 Å². The summed E-state index contributed by atoms with van der Waals surface area (Å²) in [5.41, 5.74) is -0.466. The van der Waals surface area contributed by atoms with Crippen molar-refractivity contribution in [3.05, 3.63) is 34.9 Å². The van der Waals surface area contributed by atoms with Crippen LogP contribution in [-0.2, 0) is 11.2 Å². The van der Waals surface area contributed by atoms with E-state index in [1.54, 1.807) is 0 Å². The van der Waals surface area contributed by atoms with Crippen molar-refractivity contribution in [1.82, 2.24) is 0 Å². The third-order valence-corrected chi connectivity index (χ3v) is 3.16. The Morgan fingerprint density at radius 2 is 2.00 bits per heavy atom. The Hall–Kier alpha value is -1.45. The quantitative estimate of drug-likeness (QED) is 0.860. The van der Waals surface area contributed by atoms with Gasteiger partial charge >= 0.3 is 5.97 Å². The number of carboxylic acid groups (broad SMARTS) is 1. The molecule has 0 radical (unpaired) electrons. The number of carboxylic acids is 1. The Labute approximate surface area is 91.9 Å². The summed E-state index contributed by atoms with van der Waals surface area (Å²) in [6, 6.07) is 2.22. The Morgan fingerprint density at radius 3 is 2.50 bits per heavy atom. The minimum absolute atomic E-state index is 0.0748. The monoisotopic (exact) mass is 226 g/mol. The fraction of sp³-hybridized carbons (Fsp3) is 0.417. The average molecular weight is 226 g/mol. The molecule has 0 saturated heterocycles. The van der Waals surface area contributed by atoms with E-state index in [4.69, 9.17) is 5.11 Å². The van der Waals surface area contributed by atoms with E-state index < -0.39 is 23.0 Å². The van der Waals surface area contributed by atoms with Gasteiger partial charge in [-0.15, -0.1) is 0 Å². The van der Waals surface area contributed by atoms with Gasteiger partial charge in [-0.3, -0.25) is 4.79 Å². The smallest absolute Gasteiger partial charge is 0.309 e. The number of hydrogen-bond donors (Lipinski definition) is 1. The van der Waals surface area contributed by atoms with Crippen molar-refractivity contribution >= 4 is 5.97 Å². The first-order valence-corrected chi connectivity index (χ1v) is 5.12. The van der Waals surface area contributed by atoms with Crippen LogP contribution in [0.2, 0.25) is 0 Å². The summed E-state index contributed by atoms with van der Waals surface area (Å²) in [6.07, 6.45) is 1.15. The van der Waals surface area contributed by atoms with Gasteiger partial charge in [0.2, 0.25) is 0 Å². The summed E-state index contributed by atoms with van der Waals surface area (Å²) in [7, 11) is 0. The van der Waals surface area contributed by atoms with Gasteiger partial charge < -0.3 is 5.11 Å². The number of aliphatic carboxylic acids is 1. The highest BCUT2D eigenvalue weighted by Gasteiger charge is 2.50. The van der Waals surface area contributed by atoms with Crippen LogP contribution in [0.3, 0.4) is 0 Å². The molecule has 1 aliphatic rings. The van der Waals surface area contributed by atoms with Crippen molar-refractivity contribution in [2.45, 2.75) is 26.2 Å². The molecule has 0 bridgehead atoms. The molecule has 0 spiro atoms. The molecule has 16 heavy (non-hydrogen) atoms. The molecular formula is C12H12F2O2. The van der Waals surface area contributed by atoms with E-state index in [1.807, 2.05) is 0 Å². The van der Waals surface area contributed by atoms with Crippen molar-refractivity contribution in [1.29, 1.82) is 0 Å². The van der Waals surface area contributed by atoms with Crippen LogP contribution in [0.1, 0.15) is 24.0 Å². The van der Waals surface area contributed by atoms with E-state index >= 15 is 0 Å². The number of halogens is 2. The first-order chi connectivity index (χ1) is 7.44. The first-order valence-electron chi connectivity index (χ1n) is 5.12. The fourth-order valence-electron chi connectivity index (χ4n) is 1.80. The molecule has 0 amide bonds. The van der Waals surface area contributed by atoms with Gasteiger partial charge in [-0.2, -0.15) is 0 Å². The maximum absolute atomic E-state index is 13.5. The second-order valence-corrected chi connectivity index (χ2v) is 4.46. The summed E-state index contributed by atoms with van der Waals surface area (Å²) in [4.78, 5) is 10.9. The van der Waals surface area contributed by atoms with Crippen molar-refractivity contribution in [2.24, 2.45) is 5.41 Å². The Bertz CT molecular complexity index is 451. The molecule has 86 valence electrons. The topological polar surface area (TPSA) is 37.3 Å². The lowest BCUT2D eigenvalue weighted by molar-refractivity contribution is -0.143. The second-order valence-electron chi connectivity index (χ2n) is 4.46. The van der Waals surface area contributed by atoms with Gasteiger partial charge in [-0.1, -0.05) is 0 Å². The minimum atomic E-state index is -0.923. The molecule has 1 saturated carbocycles. The summed E-state index contributed by atoms with van der Waals surface area (Å²) in [5.74, 6) is -1.93. The second kappa shape index (κ2) is 3.54. The average Bonchev–Trinajstić information content (AvgIpc) is 2.95. The summed E-state index contributed by atoms with van der Waals surface area (Å²) < 4.78 is 26.7. The molecule has 1 fully saturated rings. The number of rotatable bonds is 3. The zero-order valence-electron chi connectivity index (χ0n) is 8.89. The van der Waals surface area contributed by atoms with Gasteiger partial charge in [0, 0.05) is 0 Å². The lowest BCUT2D eigenvalue weighted by Gasteiger charge is -2.11. The number of aryl methyl sites for hydroxylation is 1. The molecule has 0 unspecified atom stereocenters. The number of benzene rings is 1. The lowest BCUT2D eigenvalue weighted by atomic mass is 9.95. The standard InChI is InChI=1S/C12H12F2O2/c1-7-4-10(14)8(5-9(7)13)6-12(2-3-12)11(15)16/h4-5H,2-3,6H2,1H3,(H,15,16). The molecular weight excluding hydrogens is 214 g/mol. The fourth-order valence-corrected chi connectivity index (χ4v) is 1.80. The van der Waals surface area contributed by atoms with Crippen LogP contribution in [-0.4, -0.2) is 11.1 Å². The first kappa shape index (κ1) is 11.0. The molecule has 1 aliphatic carbocycles. The van der Waals surface area contributed by atoms with Crippen molar-refractivity contribution in [3.63, 3.8) is 0 Å². The Balaban J connectivity index is 2.29. The van der Waals surface area contributed by atoms with Crippen molar-refractivity contribution in [3.8, 4) is 0 Å². The minimum Gasteiger partial charge on any atom is -0.481 e. The van der Waals surface area contributed by atoms with E-state index in [0.29, 0.717) is 12.8 Å². The molecule has 0 atom stereocenters. The molecule has 1 N–H and O–H groups in total. The highest BCUT2D eigenvalue weighted by molar-refractivity contribution is 5.78. The van der Waals surface area contributed by atoms with Crippen LogP contribution in [0.5, 0.6) is 0 Å². The van der Waals surface area contributed by atoms with Gasteiger partial charge in [0.15, 0.2) is 0 Å².